The largest absolute Gasteiger partial charge is 0.401 e. The maximum Gasteiger partial charge on any atom is 0.401 e. The third-order valence-corrected chi connectivity index (χ3v) is 3.63. The van der Waals surface area contributed by atoms with Gasteiger partial charge in [-0.2, -0.15) is 13.2 Å². The van der Waals surface area contributed by atoms with Crippen LogP contribution in [0.2, 0.25) is 0 Å². The minimum Gasteiger partial charge on any atom is -0.351 e. The van der Waals surface area contributed by atoms with Crippen LogP contribution >= 0.6 is 0 Å². The van der Waals surface area contributed by atoms with Crippen LogP contribution in [-0.4, -0.2) is 58.7 Å². The molecule has 0 spiro atoms. The summed E-state index contributed by atoms with van der Waals surface area (Å²) in [7, 11) is 1.37. The highest BCUT2D eigenvalue weighted by Gasteiger charge is 2.28. The lowest BCUT2D eigenvalue weighted by Crippen LogP contribution is -2.34. The molecule has 10 heteroatoms. The molecule has 1 N–H and O–H groups in total. The van der Waals surface area contributed by atoms with E-state index < -0.39 is 18.6 Å². The molecule has 1 aromatic carbocycles. The summed E-state index contributed by atoms with van der Waals surface area (Å²) in [5, 5.41) is 10.3. The summed E-state index contributed by atoms with van der Waals surface area (Å²) >= 11 is 0. The minimum atomic E-state index is -4.24. The molecule has 0 atom stereocenters. The molecule has 26 heavy (non-hydrogen) atoms. The third kappa shape index (κ3) is 5.51. The Bertz CT molecular complexity index is 742. The van der Waals surface area contributed by atoms with Crippen molar-refractivity contribution in [1.29, 1.82) is 0 Å². The Kier molecular flexibility index (Phi) is 6.30. The zero-order valence-electron chi connectivity index (χ0n) is 14.3. The van der Waals surface area contributed by atoms with Gasteiger partial charge in [0, 0.05) is 6.54 Å². The number of rotatable bonds is 7. The van der Waals surface area contributed by atoms with Gasteiger partial charge in [-0.25, -0.2) is 9.07 Å². The SMILES string of the molecule is Cc1c(C(=O)NCCCN(C)CC(F)(F)F)nnn1-c1ccc(F)cc1. The van der Waals surface area contributed by atoms with Gasteiger partial charge in [0.05, 0.1) is 17.9 Å². The van der Waals surface area contributed by atoms with Crippen molar-refractivity contribution in [3.63, 3.8) is 0 Å². The van der Waals surface area contributed by atoms with Crippen molar-refractivity contribution in [3.8, 4) is 5.69 Å². The summed E-state index contributed by atoms with van der Waals surface area (Å²) < 4.78 is 51.1. The van der Waals surface area contributed by atoms with E-state index in [1.165, 1.54) is 36.0 Å². The van der Waals surface area contributed by atoms with Crippen LogP contribution in [0, 0.1) is 12.7 Å². The molecule has 142 valence electrons. The van der Waals surface area contributed by atoms with Crippen molar-refractivity contribution in [2.45, 2.75) is 19.5 Å². The Morgan fingerprint density at radius 3 is 2.54 bits per heavy atom. The Balaban J connectivity index is 1.88. The first-order valence-electron chi connectivity index (χ1n) is 7.89. The zero-order chi connectivity index (χ0) is 19.3. The second-order valence-corrected chi connectivity index (χ2v) is 5.87. The number of aromatic nitrogens is 3. The quantitative estimate of drug-likeness (QED) is 0.598. The van der Waals surface area contributed by atoms with Crippen LogP contribution in [0.15, 0.2) is 24.3 Å². The number of alkyl halides is 3. The molecule has 0 radical (unpaired) electrons. The molecule has 0 saturated heterocycles. The highest BCUT2D eigenvalue weighted by Crippen LogP contribution is 2.15. The smallest absolute Gasteiger partial charge is 0.351 e. The molecule has 2 rings (SSSR count). The first kappa shape index (κ1) is 19.8. The van der Waals surface area contributed by atoms with Gasteiger partial charge < -0.3 is 5.32 Å². The maximum atomic E-state index is 13.0. The molecular weight excluding hydrogens is 354 g/mol. The molecule has 0 saturated carbocycles. The Morgan fingerprint density at radius 2 is 1.92 bits per heavy atom. The summed E-state index contributed by atoms with van der Waals surface area (Å²) in [5.74, 6) is -0.852. The molecule has 0 aliphatic rings. The topological polar surface area (TPSA) is 63.1 Å². The van der Waals surface area contributed by atoms with Crippen LogP contribution in [-0.2, 0) is 0 Å². The summed E-state index contributed by atoms with van der Waals surface area (Å²) in [6.45, 7) is 1.06. The summed E-state index contributed by atoms with van der Waals surface area (Å²) in [6.07, 6.45) is -3.88. The number of benzene rings is 1. The van der Waals surface area contributed by atoms with Gasteiger partial charge in [0.2, 0.25) is 0 Å². The number of hydrogen-bond donors (Lipinski definition) is 1. The summed E-state index contributed by atoms with van der Waals surface area (Å²) in [4.78, 5) is 13.3. The first-order valence-corrected chi connectivity index (χ1v) is 7.89. The molecule has 1 aromatic heterocycles. The highest BCUT2D eigenvalue weighted by molar-refractivity contribution is 5.93. The van der Waals surface area contributed by atoms with Crippen molar-refractivity contribution < 1.29 is 22.4 Å². The Morgan fingerprint density at radius 1 is 1.27 bits per heavy atom. The van der Waals surface area contributed by atoms with E-state index in [-0.39, 0.29) is 24.6 Å². The molecule has 0 aliphatic heterocycles. The predicted octanol–water partition coefficient (Wildman–Crippen LogP) is 2.33. The lowest BCUT2D eigenvalue weighted by Gasteiger charge is -2.18. The van der Waals surface area contributed by atoms with Gasteiger partial charge in [-0.15, -0.1) is 5.10 Å². The van der Waals surface area contributed by atoms with Crippen LogP contribution in [0.1, 0.15) is 22.6 Å². The van der Waals surface area contributed by atoms with Crippen molar-refractivity contribution in [3.05, 3.63) is 41.5 Å². The fourth-order valence-corrected chi connectivity index (χ4v) is 2.39. The van der Waals surface area contributed by atoms with Crippen LogP contribution in [0.5, 0.6) is 0 Å². The first-order chi connectivity index (χ1) is 12.2. The lowest BCUT2D eigenvalue weighted by atomic mass is 10.2. The van der Waals surface area contributed by atoms with E-state index in [0.29, 0.717) is 17.8 Å². The summed E-state index contributed by atoms with van der Waals surface area (Å²) in [5.41, 5.74) is 1.14. The molecule has 2 aromatic rings. The average Bonchev–Trinajstić information content (AvgIpc) is 2.92. The highest BCUT2D eigenvalue weighted by atomic mass is 19.4. The number of amides is 1. The molecule has 1 heterocycles. The summed E-state index contributed by atoms with van der Waals surface area (Å²) in [6, 6.07) is 5.56. The van der Waals surface area contributed by atoms with Crippen LogP contribution in [0.25, 0.3) is 5.69 Å². The van der Waals surface area contributed by atoms with E-state index in [4.69, 9.17) is 0 Å². The molecule has 6 nitrogen and oxygen atoms in total. The average molecular weight is 373 g/mol. The maximum absolute atomic E-state index is 13.0. The number of carbonyl (C=O) groups excluding carboxylic acids is 1. The molecular formula is C16H19F4N5O. The van der Waals surface area contributed by atoms with Gasteiger partial charge >= 0.3 is 6.18 Å². The number of halogens is 4. The fraction of sp³-hybridized carbons (Fsp3) is 0.438. The molecule has 0 unspecified atom stereocenters. The van der Waals surface area contributed by atoms with E-state index in [1.807, 2.05) is 0 Å². The Labute approximate surface area is 147 Å². The lowest BCUT2D eigenvalue weighted by molar-refractivity contribution is -0.143. The second-order valence-electron chi connectivity index (χ2n) is 5.87. The van der Waals surface area contributed by atoms with Crippen molar-refractivity contribution in [2.24, 2.45) is 0 Å². The zero-order valence-corrected chi connectivity index (χ0v) is 14.3. The van der Waals surface area contributed by atoms with Crippen LogP contribution in [0.3, 0.4) is 0 Å². The molecule has 0 fully saturated rings. The van der Waals surface area contributed by atoms with E-state index in [0.717, 1.165) is 4.90 Å². The second kappa shape index (κ2) is 8.26. The van der Waals surface area contributed by atoms with Gasteiger partial charge in [0.25, 0.3) is 5.91 Å². The van der Waals surface area contributed by atoms with Crippen molar-refractivity contribution in [1.82, 2.24) is 25.2 Å². The van der Waals surface area contributed by atoms with Gasteiger partial charge in [0.1, 0.15) is 5.82 Å². The van der Waals surface area contributed by atoms with Gasteiger partial charge in [-0.1, -0.05) is 5.21 Å². The number of nitrogens with zero attached hydrogens (tertiary/aromatic N) is 4. The standard InChI is InChI=1S/C16H19F4N5O/c1-11-14(22-23-25(11)13-6-4-12(17)5-7-13)15(26)21-8-3-9-24(2)10-16(18,19)20/h4-7H,3,8-10H2,1-2H3,(H,21,26). The number of hydrogen-bond acceptors (Lipinski definition) is 4. The third-order valence-electron chi connectivity index (χ3n) is 3.63. The molecule has 0 aliphatic carbocycles. The van der Waals surface area contributed by atoms with E-state index in [1.54, 1.807) is 6.92 Å². The molecule has 1 amide bonds. The number of nitrogens with one attached hydrogen (secondary N) is 1. The minimum absolute atomic E-state index is 0.109. The number of carbonyl (C=O) groups is 1. The van der Waals surface area contributed by atoms with Crippen LogP contribution < -0.4 is 5.32 Å². The van der Waals surface area contributed by atoms with E-state index in [9.17, 15) is 22.4 Å². The normalized spacial score (nSPS) is 11.8. The van der Waals surface area contributed by atoms with Crippen molar-refractivity contribution >= 4 is 5.91 Å². The van der Waals surface area contributed by atoms with Gasteiger partial charge in [0.15, 0.2) is 5.69 Å². The predicted molar refractivity (Wildman–Crippen MR) is 86.6 cm³/mol. The van der Waals surface area contributed by atoms with E-state index in [2.05, 4.69) is 15.6 Å². The van der Waals surface area contributed by atoms with Gasteiger partial charge in [-0.3, -0.25) is 9.69 Å². The Hall–Kier alpha value is -2.49. The van der Waals surface area contributed by atoms with Crippen LogP contribution in [0.4, 0.5) is 17.6 Å². The molecule has 0 bridgehead atoms. The van der Waals surface area contributed by atoms with Gasteiger partial charge in [-0.05, 0) is 51.2 Å². The monoisotopic (exact) mass is 373 g/mol. The van der Waals surface area contributed by atoms with Crippen molar-refractivity contribution in [2.75, 3.05) is 26.7 Å². The fourth-order valence-electron chi connectivity index (χ4n) is 2.39. The van der Waals surface area contributed by atoms with E-state index >= 15 is 0 Å².